The molecular weight excluding hydrogens is 421 g/mol. The van der Waals surface area contributed by atoms with Crippen molar-refractivity contribution in [2.24, 2.45) is 0 Å². The fourth-order valence-corrected chi connectivity index (χ4v) is 3.66. The number of aromatic amines is 1. The van der Waals surface area contributed by atoms with Crippen LogP contribution in [0, 0.1) is 0 Å². The Morgan fingerprint density at radius 3 is 2.16 bits per heavy atom. The third kappa shape index (κ3) is 4.90. The van der Waals surface area contributed by atoms with E-state index in [0.29, 0.717) is 37.7 Å². The summed E-state index contributed by atoms with van der Waals surface area (Å²) in [4.78, 5) is 31.7. The number of aromatic nitrogens is 4. The SMILES string of the molecule is CCc1cc(=O)[nH]c(-c2ccc(N3CCCN(c4ccc(C(F)(F)F)cn4)CC3)nc2)n1. The molecule has 32 heavy (non-hydrogen) atoms. The van der Waals surface area contributed by atoms with Gasteiger partial charge >= 0.3 is 6.18 Å². The number of nitrogens with one attached hydrogen (secondary N) is 1. The van der Waals surface area contributed by atoms with Gasteiger partial charge in [0.2, 0.25) is 0 Å². The van der Waals surface area contributed by atoms with Gasteiger partial charge in [0.05, 0.1) is 5.56 Å². The van der Waals surface area contributed by atoms with E-state index >= 15 is 0 Å². The second kappa shape index (κ2) is 8.97. The minimum atomic E-state index is -4.39. The Morgan fingerprint density at radius 1 is 0.969 bits per heavy atom. The van der Waals surface area contributed by atoms with Gasteiger partial charge in [-0.3, -0.25) is 4.79 Å². The lowest BCUT2D eigenvalue weighted by molar-refractivity contribution is -0.137. The number of aryl methyl sites for hydroxylation is 1. The Balaban J connectivity index is 1.44. The first kappa shape index (κ1) is 21.8. The fourth-order valence-electron chi connectivity index (χ4n) is 3.66. The molecule has 4 heterocycles. The van der Waals surface area contributed by atoms with Crippen molar-refractivity contribution in [2.45, 2.75) is 25.9 Å². The first-order valence-electron chi connectivity index (χ1n) is 10.4. The summed E-state index contributed by atoms with van der Waals surface area (Å²) in [5.74, 6) is 1.82. The number of anilines is 2. The highest BCUT2D eigenvalue weighted by Crippen LogP contribution is 2.29. The lowest BCUT2D eigenvalue weighted by Crippen LogP contribution is -2.31. The molecule has 0 spiro atoms. The predicted octanol–water partition coefficient (Wildman–Crippen LogP) is 3.52. The van der Waals surface area contributed by atoms with Gasteiger partial charge in [0.25, 0.3) is 5.56 Å². The molecule has 0 amide bonds. The zero-order valence-corrected chi connectivity index (χ0v) is 17.6. The molecule has 1 aliphatic heterocycles. The molecule has 0 saturated carbocycles. The van der Waals surface area contributed by atoms with Gasteiger partial charge in [0.1, 0.15) is 17.5 Å². The monoisotopic (exact) mass is 444 g/mol. The average molecular weight is 444 g/mol. The smallest absolute Gasteiger partial charge is 0.355 e. The van der Waals surface area contributed by atoms with E-state index in [1.807, 2.05) is 24.0 Å². The van der Waals surface area contributed by atoms with Gasteiger partial charge in [0, 0.05) is 55.9 Å². The molecule has 7 nitrogen and oxygen atoms in total. The van der Waals surface area contributed by atoms with Crippen molar-refractivity contribution in [3.05, 3.63) is 64.3 Å². The molecule has 0 unspecified atom stereocenters. The van der Waals surface area contributed by atoms with Crippen LogP contribution >= 0.6 is 0 Å². The Kier molecular flexibility index (Phi) is 6.11. The summed E-state index contributed by atoms with van der Waals surface area (Å²) >= 11 is 0. The van der Waals surface area contributed by atoms with Gasteiger partial charge in [-0.05, 0) is 37.1 Å². The second-order valence-corrected chi connectivity index (χ2v) is 7.57. The number of hydrogen-bond acceptors (Lipinski definition) is 6. The molecule has 1 N–H and O–H groups in total. The molecule has 3 aromatic heterocycles. The van der Waals surface area contributed by atoms with Crippen molar-refractivity contribution < 1.29 is 13.2 Å². The summed E-state index contributed by atoms with van der Waals surface area (Å²) < 4.78 is 38.3. The van der Waals surface area contributed by atoms with E-state index in [1.165, 1.54) is 12.1 Å². The number of hydrogen-bond donors (Lipinski definition) is 1. The highest BCUT2D eigenvalue weighted by molar-refractivity contribution is 5.56. The predicted molar refractivity (Wildman–Crippen MR) is 116 cm³/mol. The number of rotatable bonds is 4. The van der Waals surface area contributed by atoms with E-state index in [2.05, 4.69) is 24.8 Å². The van der Waals surface area contributed by atoms with Crippen LogP contribution < -0.4 is 15.4 Å². The standard InChI is InChI=1S/C22H23F3N6O/c1-2-17-12-20(32)29-21(28-17)15-4-6-18(26-13-15)30-8-3-9-31(11-10-30)19-7-5-16(14-27-19)22(23,24)25/h4-7,12-14H,2-3,8-11H2,1H3,(H,28,29,32). The number of halogens is 3. The normalized spacial score (nSPS) is 15.0. The fraction of sp³-hybridized carbons (Fsp3) is 0.364. The van der Waals surface area contributed by atoms with Crippen LogP contribution in [0.2, 0.25) is 0 Å². The van der Waals surface area contributed by atoms with Crippen molar-refractivity contribution in [1.29, 1.82) is 0 Å². The van der Waals surface area contributed by atoms with Crippen LogP contribution in [0.5, 0.6) is 0 Å². The summed E-state index contributed by atoms with van der Waals surface area (Å²) in [6.45, 7) is 4.69. The van der Waals surface area contributed by atoms with Crippen LogP contribution in [0.3, 0.4) is 0 Å². The maximum atomic E-state index is 12.8. The van der Waals surface area contributed by atoms with E-state index in [1.54, 1.807) is 6.20 Å². The highest BCUT2D eigenvalue weighted by Gasteiger charge is 2.31. The van der Waals surface area contributed by atoms with E-state index in [0.717, 1.165) is 42.3 Å². The number of pyridine rings is 2. The van der Waals surface area contributed by atoms with E-state index in [4.69, 9.17) is 0 Å². The molecule has 0 aromatic carbocycles. The Labute approximate surface area is 183 Å². The van der Waals surface area contributed by atoms with E-state index < -0.39 is 11.7 Å². The second-order valence-electron chi connectivity index (χ2n) is 7.57. The minimum absolute atomic E-state index is 0.194. The van der Waals surface area contributed by atoms with Gasteiger partial charge in [-0.2, -0.15) is 13.2 Å². The molecule has 10 heteroatoms. The molecule has 4 rings (SSSR count). The molecule has 1 fully saturated rings. The van der Waals surface area contributed by atoms with Crippen molar-refractivity contribution >= 4 is 11.6 Å². The highest BCUT2D eigenvalue weighted by atomic mass is 19.4. The molecule has 0 bridgehead atoms. The van der Waals surface area contributed by atoms with Gasteiger partial charge < -0.3 is 14.8 Å². The lowest BCUT2D eigenvalue weighted by Gasteiger charge is -2.23. The Morgan fingerprint density at radius 2 is 1.62 bits per heavy atom. The first-order chi connectivity index (χ1) is 15.3. The van der Waals surface area contributed by atoms with Gasteiger partial charge in [-0.15, -0.1) is 0 Å². The number of H-pyrrole nitrogens is 1. The summed E-state index contributed by atoms with van der Waals surface area (Å²) in [6.07, 6.45) is -0.337. The zero-order valence-electron chi connectivity index (χ0n) is 17.6. The zero-order chi connectivity index (χ0) is 22.7. The van der Waals surface area contributed by atoms with Gasteiger partial charge in [0.15, 0.2) is 0 Å². The average Bonchev–Trinajstić information content (AvgIpc) is 3.05. The van der Waals surface area contributed by atoms with Crippen LogP contribution in [-0.4, -0.2) is 46.1 Å². The lowest BCUT2D eigenvalue weighted by atomic mass is 10.2. The van der Waals surface area contributed by atoms with Crippen LogP contribution in [-0.2, 0) is 12.6 Å². The van der Waals surface area contributed by atoms with Crippen LogP contribution in [0.4, 0.5) is 24.8 Å². The van der Waals surface area contributed by atoms with Crippen molar-refractivity contribution in [1.82, 2.24) is 19.9 Å². The van der Waals surface area contributed by atoms with E-state index in [-0.39, 0.29) is 5.56 Å². The van der Waals surface area contributed by atoms with Crippen molar-refractivity contribution in [3.63, 3.8) is 0 Å². The Hall–Kier alpha value is -3.43. The summed E-state index contributed by atoms with van der Waals surface area (Å²) in [5, 5.41) is 0. The molecule has 1 aliphatic rings. The molecule has 0 aliphatic carbocycles. The number of nitrogens with zero attached hydrogens (tertiary/aromatic N) is 5. The minimum Gasteiger partial charge on any atom is -0.355 e. The van der Waals surface area contributed by atoms with Crippen molar-refractivity contribution in [2.75, 3.05) is 36.0 Å². The Bertz CT molecular complexity index is 1110. The molecule has 1 saturated heterocycles. The van der Waals surface area contributed by atoms with Crippen LogP contribution in [0.25, 0.3) is 11.4 Å². The molecule has 0 atom stereocenters. The molecule has 3 aromatic rings. The van der Waals surface area contributed by atoms with Gasteiger partial charge in [-0.25, -0.2) is 15.0 Å². The summed E-state index contributed by atoms with van der Waals surface area (Å²) in [5.41, 5.74) is 0.506. The maximum Gasteiger partial charge on any atom is 0.417 e. The first-order valence-corrected chi connectivity index (χ1v) is 10.4. The third-order valence-electron chi connectivity index (χ3n) is 5.40. The van der Waals surface area contributed by atoms with Crippen LogP contribution in [0.1, 0.15) is 24.6 Å². The molecule has 168 valence electrons. The molecule has 0 radical (unpaired) electrons. The summed E-state index contributed by atoms with van der Waals surface area (Å²) in [6, 6.07) is 7.74. The topological polar surface area (TPSA) is 78.0 Å². The molecular formula is C22H23F3N6O. The largest absolute Gasteiger partial charge is 0.417 e. The number of alkyl halides is 3. The quantitative estimate of drug-likeness (QED) is 0.664. The van der Waals surface area contributed by atoms with Crippen molar-refractivity contribution in [3.8, 4) is 11.4 Å². The van der Waals surface area contributed by atoms with Crippen LogP contribution in [0.15, 0.2) is 47.5 Å². The third-order valence-corrected chi connectivity index (χ3v) is 5.40. The maximum absolute atomic E-state index is 12.8. The van der Waals surface area contributed by atoms with E-state index in [9.17, 15) is 18.0 Å². The van der Waals surface area contributed by atoms with Gasteiger partial charge in [-0.1, -0.05) is 6.92 Å². The summed E-state index contributed by atoms with van der Waals surface area (Å²) in [7, 11) is 0.